The maximum atomic E-state index is 12.2. The standard InChI is InChI=1S/C16H25N3O2/c1-3-8-18-9-11-19(12-10-18)16(20)17-13-14-6-4-5-7-15(14)21-2/h4-7H,3,8-13H2,1-2H3,(H,17,20). The van der Waals surface area contributed by atoms with Crippen LogP contribution in [0.1, 0.15) is 18.9 Å². The van der Waals surface area contributed by atoms with Gasteiger partial charge in [-0.3, -0.25) is 4.90 Å². The number of rotatable bonds is 5. The van der Waals surface area contributed by atoms with E-state index in [1.807, 2.05) is 29.2 Å². The lowest BCUT2D eigenvalue weighted by Crippen LogP contribution is -2.51. The number of nitrogens with zero attached hydrogens (tertiary/aromatic N) is 2. The minimum atomic E-state index is 0.0112. The highest BCUT2D eigenvalue weighted by Gasteiger charge is 2.20. The van der Waals surface area contributed by atoms with E-state index in [2.05, 4.69) is 17.1 Å². The van der Waals surface area contributed by atoms with Gasteiger partial charge in [0.1, 0.15) is 5.75 Å². The van der Waals surface area contributed by atoms with Crippen molar-refractivity contribution in [3.05, 3.63) is 29.8 Å². The second-order valence-electron chi connectivity index (χ2n) is 5.30. The molecule has 0 unspecified atom stereocenters. The highest BCUT2D eigenvalue weighted by molar-refractivity contribution is 5.74. The van der Waals surface area contributed by atoms with Gasteiger partial charge in [0.2, 0.25) is 0 Å². The van der Waals surface area contributed by atoms with Crippen molar-refractivity contribution in [2.75, 3.05) is 39.8 Å². The molecule has 1 saturated heterocycles. The van der Waals surface area contributed by atoms with E-state index >= 15 is 0 Å². The molecule has 116 valence electrons. The summed E-state index contributed by atoms with van der Waals surface area (Å²) in [6.07, 6.45) is 1.17. The SMILES string of the molecule is CCCN1CCN(C(=O)NCc2ccccc2OC)CC1. The molecule has 2 amide bonds. The van der Waals surface area contributed by atoms with Gasteiger partial charge in [0.05, 0.1) is 7.11 Å². The van der Waals surface area contributed by atoms with Crippen molar-refractivity contribution in [3.63, 3.8) is 0 Å². The summed E-state index contributed by atoms with van der Waals surface area (Å²) in [5.74, 6) is 0.811. The molecule has 1 heterocycles. The third kappa shape index (κ3) is 4.36. The van der Waals surface area contributed by atoms with Crippen LogP contribution in [0, 0.1) is 0 Å². The van der Waals surface area contributed by atoms with E-state index in [0.717, 1.165) is 44.0 Å². The van der Waals surface area contributed by atoms with Crippen LogP contribution in [-0.2, 0) is 6.54 Å². The Labute approximate surface area is 126 Å². The fraction of sp³-hybridized carbons (Fsp3) is 0.562. The van der Waals surface area contributed by atoms with Crippen LogP contribution in [0.4, 0.5) is 4.79 Å². The van der Waals surface area contributed by atoms with Gasteiger partial charge in [-0.1, -0.05) is 25.1 Å². The fourth-order valence-corrected chi connectivity index (χ4v) is 2.62. The highest BCUT2D eigenvalue weighted by Crippen LogP contribution is 2.16. The second-order valence-corrected chi connectivity index (χ2v) is 5.30. The van der Waals surface area contributed by atoms with Gasteiger partial charge in [0.15, 0.2) is 0 Å². The number of benzene rings is 1. The number of urea groups is 1. The molecule has 0 aromatic heterocycles. The molecule has 21 heavy (non-hydrogen) atoms. The molecular formula is C16H25N3O2. The van der Waals surface area contributed by atoms with Crippen molar-refractivity contribution in [1.29, 1.82) is 0 Å². The third-order valence-electron chi connectivity index (χ3n) is 3.82. The second kappa shape index (κ2) is 7.88. The van der Waals surface area contributed by atoms with Crippen molar-refractivity contribution in [2.24, 2.45) is 0 Å². The highest BCUT2D eigenvalue weighted by atomic mass is 16.5. The average Bonchev–Trinajstić information content (AvgIpc) is 2.54. The zero-order valence-electron chi connectivity index (χ0n) is 13.0. The maximum absolute atomic E-state index is 12.2. The lowest BCUT2D eigenvalue weighted by molar-refractivity contribution is 0.139. The number of para-hydroxylation sites is 1. The molecule has 1 aromatic rings. The van der Waals surface area contributed by atoms with Crippen LogP contribution in [0.25, 0.3) is 0 Å². The Morgan fingerprint density at radius 1 is 1.24 bits per heavy atom. The summed E-state index contributed by atoms with van der Waals surface area (Å²) >= 11 is 0. The van der Waals surface area contributed by atoms with E-state index in [9.17, 15) is 4.79 Å². The first-order valence-corrected chi connectivity index (χ1v) is 7.61. The smallest absolute Gasteiger partial charge is 0.317 e. The number of carbonyl (C=O) groups excluding carboxylic acids is 1. The minimum absolute atomic E-state index is 0.0112. The Morgan fingerprint density at radius 3 is 2.62 bits per heavy atom. The zero-order chi connectivity index (χ0) is 15.1. The molecule has 0 atom stereocenters. The summed E-state index contributed by atoms with van der Waals surface area (Å²) in [5, 5.41) is 2.98. The molecule has 1 aliphatic heterocycles. The van der Waals surface area contributed by atoms with Gasteiger partial charge in [-0.2, -0.15) is 0 Å². The number of carbonyl (C=O) groups is 1. The van der Waals surface area contributed by atoms with Crippen molar-refractivity contribution in [1.82, 2.24) is 15.1 Å². The number of piperazine rings is 1. The molecule has 0 spiro atoms. The van der Waals surface area contributed by atoms with Crippen molar-refractivity contribution < 1.29 is 9.53 Å². The van der Waals surface area contributed by atoms with Crippen molar-refractivity contribution in [2.45, 2.75) is 19.9 Å². The summed E-state index contributed by atoms with van der Waals surface area (Å²) < 4.78 is 5.29. The number of hydrogen-bond donors (Lipinski definition) is 1. The van der Waals surface area contributed by atoms with Crippen LogP contribution in [0.2, 0.25) is 0 Å². The van der Waals surface area contributed by atoms with E-state index in [4.69, 9.17) is 4.74 Å². The Morgan fingerprint density at radius 2 is 1.95 bits per heavy atom. The van der Waals surface area contributed by atoms with Gasteiger partial charge in [-0.05, 0) is 19.0 Å². The molecule has 0 radical (unpaired) electrons. The summed E-state index contributed by atoms with van der Waals surface area (Å²) in [5.41, 5.74) is 0.998. The van der Waals surface area contributed by atoms with Gasteiger partial charge >= 0.3 is 6.03 Å². The first-order chi connectivity index (χ1) is 10.2. The number of ether oxygens (including phenoxy) is 1. The van der Waals surface area contributed by atoms with Crippen LogP contribution in [-0.4, -0.2) is 55.7 Å². The van der Waals surface area contributed by atoms with Crippen LogP contribution < -0.4 is 10.1 Å². The number of nitrogens with one attached hydrogen (secondary N) is 1. The Bertz CT molecular complexity index is 457. The summed E-state index contributed by atoms with van der Waals surface area (Å²) in [4.78, 5) is 16.5. The van der Waals surface area contributed by atoms with Crippen LogP contribution in [0.3, 0.4) is 0 Å². The molecule has 1 fully saturated rings. The zero-order valence-corrected chi connectivity index (χ0v) is 13.0. The molecule has 1 aliphatic rings. The molecule has 5 nitrogen and oxygen atoms in total. The summed E-state index contributed by atoms with van der Waals surface area (Å²) in [6, 6.07) is 7.77. The van der Waals surface area contributed by atoms with Crippen LogP contribution >= 0.6 is 0 Å². The fourth-order valence-electron chi connectivity index (χ4n) is 2.62. The summed E-state index contributed by atoms with van der Waals surface area (Å²) in [6.45, 7) is 7.35. The third-order valence-corrected chi connectivity index (χ3v) is 3.82. The van der Waals surface area contributed by atoms with E-state index in [0.29, 0.717) is 6.54 Å². The molecule has 1 N–H and O–H groups in total. The molecule has 0 bridgehead atoms. The average molecular weight is 291 g/mol. The first-order valence-electron chi connectivity index (χ1n) is 7.61. The van der Waals surface area contributed by atoms with Gasteiger partial charge in [0.25, 0.3) is 0 Å². The van der Waals surface area contributed by atoms with E-state index in [-0.39, 0.29) is 6.03 Å². The molecular weight excluding hydrogens is 266 g/mol. The Kier molecular flexibility index (Phi) is 5.87. The van der Waals surface area contributed by atoms with Crippen LogP contribution in [0.15, 0.2) is 24.3 Å². The number of methoxy groups -OCH3 is 1. The molecule has 2 rings (SSSR count). The molecule has 1 aromatic carbocycles. The Balaban J connectivity index is 1.80. The van der Waals surface area contributed by atoms with Crippen molar-refractivity contribution in [3.8, 4) is 5.75 Å². The van der Waals surface area contributed by atoms with Gasteiger partial charge in [0, 0.05) is 38.3 Å². The molecule has 5 heteroatoms. The minimum Gasteiger partial charge on any atom is -0.496 e. The monoisotopic (exact) mass is 291 g/mol. The van der Waals surface area contributed by atoms with Gasteiger partial charge in [-0.25, -0.2) is 4.79 Å². The maximum Gasteiger partial charge on any atom is 0.317 e. The van der Waals surface area contributed by atoms with Crippen LogP contribution in [0.5, 0.6) is 5.75 Å². The molecule has 0 aliphatic carbocycles. The van der Waals surface area contributed by atoms with E-state index in [1.54, 1.807) is 7.11 Å². The van der Waals surface area contributed by atoms with E-state index < -0.39 is 0 Å². The molecule has 0 saturated carbocycles. The van der Waals surface area contributed by atoms with Crippen molar-refractivity contribution >= 4 is 6.03 Å². The summed E-state index contributed by atoms with van der Waals surface area (Å²) in [7, 11) is 1.65. The van der Waals surface area contributed by atoms with Gasteiger partial charge in [-0.15, -0.1) is 0 Å². The lowest BCUT2D eigenvalue weighted by atomic mass is 10.2. The first kappa shape index (κ1) is 15.6. The Hall–Kier alpha value is -1.75. The predicted octanol–water partition coefficient (Wildman–Crippen LogP) is 1.93. The largest absolute Gasteiger partial charge is 0.496 e. The number of amides is 2. The predicted molar refractivity (Wildman–Crippen MR) is 83.5 cm³/mol. The van der Waals surface area contributed by atoms with E-state index in [1.165, 1.54) is 6.42 Å². The lowest BCUT2D eigenvalue weighted by Gasteiger charge is -2.34. The van der Waals surface area contributed by atoms with Gasteiger partial charge < -0.3 is 15.0 Å². The topological polar surface area (TPSA) is 44.8 Å². The normalized spacial score (nSPS) is 15.8. The number of hydrogen-bond acceptors (Lipinski definition) is 3. The quantitative estimate of drug-likeness (QED) is 0.901.